The van der Waals surface area contributed by atoms with Crippen molar-refractivity contribution in [3.63, 3.8) is 0 Å². The van der Waals surface area contributed by atoms with Crippen LogP contribution in [0.1, 0.15) is 25.3 Å². The lowest BCUT2D eigenvalue weighted by Gasteiger charge is -2.21. The number of carbonyl (C=O) groups is 1. The number of nitrogens with zero attached hydrogens (tertiary/aromatic N) is 2. The van der Waals surface area contributed by atoms with Crippen molar-refractivity contribution in [3.8, 4) is 0 Å². The fourth-order valence-electron chi connectivity index (χ4n) is 2.35. The highest BCUT2D eigenvalue weighted by Crippen LogP contribution is 2.17. The Labute approximate surface area is 119 Å². The molecular formula is C16H21N3O. The van der Waals surface area contributed by atoms with Gasteiger partial charge in [-0.2, -0.15) is 0 Å². The van der Waals surface area contributed by atoms with Gasteiger partial charge in [-0.05, 0) is 24.6 Å². The van der Waals surface area contributed by atoms with Crippen LogP contribution in [0.4, 0.5) is 0 Å². The summed E-state index contributed by atoms with van der Waals surface area (Å²) in [6.07, 6.45) is 3.96. The van der Waals surface area contributed by atoms with E-state index in [2.05, 4.69) is 35.0 Å². The van der Waals surface area contributed by atoms with Crippen LogP contribution in [0.25, 0.3) is 10.9 Å². The molecule has 0 atom stereocenters. The second-order valence-corrected chi connectivity index (χ2v) is 5.02. The second kappa shape index (κ2) is 7.01. The number of pyridine rings is 1. The van der Waals surface area contributed by atoms with Crippen LogP contribution in [-0.4, -0.2) is 28.9 Å². The van der Waals surface area contributed by atoms with Crippen molar-refractivity contribution in [2.24, 2.45) is 5.73 Å². The number of benzene rings is 1. The Hall–Kier alpha value is -1.94. The maximum atomic E-state index is 11.2. The van der Waals surface area contributed by atoms with Crippen molar-refractivity contribution in [1.29, 1.82) is 0 Å². The summed E-state index contributed by atoms with van der Waals surface area (Å²) in [6.45, 7) is 4.02. The van der Waals surface area contributed by atoms with Crippen LogP contribution in [0.3, 0.4) is 0 Å². The predicted octanol–water partition coefficient (Wildman–Crippen LogP) is 2.32. The Balaban J connectivity index is 2.21. The number of rotatable bonds is 7. The first kappa shape index (κ1) is 14.5. The molecule has 0 unspecified atom stereocenters. The molecule has 0 radical (unpaired) electrons. The van der Waals surface area contributed by atoms with Gasteiger partial charge >= 0.3 is 0 Å². The smallest absolute Gasteiger partial charge is 0.231 e. The summed E-state index contributed by atoms with van der Waals surface area (Å²) < 4.78 is 0. The highest BCUT2D eigenvalue weighted by molar-refractivity contribution is 5.81. The van der Waals surface area contributed by atoms with Crippen LogP contribution in [0.2, 0.25) is 0 Å². The molecule has 1 aromatic carbocycles. The third kappa shape index (κ3) is 3.78. The van der Waals surface area contributed by atoms with E-state index in [1.165, 1.54) is 0 Å². The van der Waals surface area contributed by atoms with Crippen molar-refractivity contribution < 1.29 is 4.79 Å². The van der Waals surface area contributed by atoms with E-state index >= 15 is 0 Å². The first-order valence-electron chi connectivity index (χ1n) is 7.04. The average Bonchev–Trinajstić information content (AvgIpc) is 2.44. The average molecular weight is 271 g/mol. The number of amides is 1. The number of hydrogen-bond donors (Lipinski definition) is 1. The molecule has 0 aliphatic heterocycles. The number of carbonyl (C=O) groups excluding carboxylic acids is 1. The van der Waals surface area contributed by atoms with Gasteiger partial charge in [-0.25, -0.2) is 0 Å². The van der Waals surface area contributed by atoms with E-state index in [9.17, 15) is 4.79 Å². The maximum Gasteiger partial charge on any atom is 0.231 e. The third-order valence-corrected chi connectivity index (χ3v) is 3.32. The molecule has 20 heavy (non-hydrogen) atoms. The van der Waals surface area contributed by atoms with E-state index in [4.69, 9.17) is 5.73 Å². The van der Waals surface area contributed by atoms with Gasteiger partial charge in [0.25, 0.3) is 0 Å². The molecule has 0 aliphatic rings. The molecule has 106 valence electrons. The van der Waals surface area contributed by atoms with Crippen molar-refractivity contribution in [1.82, 2.24) is 9.88 Å². The quantitative estimate of drug-likeness (QED) is 0.840. The molecule has 4 heteroatoms. The van der Waals surface area contributed by atoms with Crippen LogP contribution in [0, 0.1) is 0 Å². The standard InChI is InChI=1S/C16H21N3O/c1-2-3-10-19(12-15(17)20)11-14-7-4-6-13-8-5-9-18-16(13)14/h4-9H,2-3,10-12H2,1H3,(H2,17,20). The van der Waals surface area contributed by atoms with Gasteiger partial charge in [0.2, 0.25) is 5.91 Å². The molecule has 0 bridgehead atoms. The van der Waals surface area contributed by atoms with E-state index in [1.54, 1.807) is 6.20 Å². The largest absolute Gasteiger partial charge is 0.369 e. The van der Waals surface area contributed by atoms with Crippen molar-refractivity contribution >= 4 is 16.8 Å². The Kier molecular flexibility index (Phi) is 5.07. The van der Waals surface area contributed by atoms with Gasteiger partial charge in [0, 0.05) is 18.1 Å². The van der Waals surface area contributed by atoms with E-state index in [1.807, 2.05) is 12.1 Å². The molecule has 0 fully saturated rings. The minimum Gasteiger partial charge on any atom is -0.369 e. The van der Waals surface area contributed by atoms with Crippen LogP contribution in [0.15, 0.2) is 36.5 Å². The second-order valence-electron chi connectivity index (χ2n) is 5.02. The van der Waals surface area contributed by atoms with E-state index in [0.717, 1.165) is 35.9 Å². The van der Waals surface area contributed by atoms with E-state index in [0.29, 0.717) is 13.1 Å². The summed E-state index contributed by atoms with van der Waals surface area (Å²) in [5, 5.41) is 1.12. The molecule has 2 aromatic rings. The number of aromatic nitrogens is 1. The van der Waals surface area contributed by atoms with Gasteiger partial charge in [-0.15, -0.1) is 0 Å². The van der Waals surface area contributed by atoms with Crippen LogP contribution < -0.4 is 5.73 Å². The number of hydrogen-bond acceptors (Lipinski definition) is 3. The number of primary amides is 1. The summed E-state index contributed by atoms with van der Waals surface area (Å²) in [6, 6.07) is 10.1. The molecule has 1 aromatic heterocycles. The van der Waals surface area contributed by atoms with Crippen molar-refractivity contribution in [2.75, 3.05) is 13.1 Å². The van der Waals surface area contributed by atoms with Crippen molar-refractivity contribution in [3.05, 3.63) is 42.1 Å². The first-order valence-corrected chi connectivity index (χ1v) is 7.04. The molecule has 0 aliphatic carbocycles. The highest BCUT2D eigenvalue weighted by Gasteiger charge is 2.11. The Morgan fingerprint density at radius 3 is 2.85 bits per heavy atom. The van der Waals surface area contributed by atoms with Crippen LogP contribution >= 0.6 is 0 Å². The van der Waals surface area contributed by atoms with Gasteiger partial charge in [0.15, 0.2) is 0 Å². The SMILES string of the molecule is CCCCN(CC(N)=O)Cc1cccc2cccnc12. The first-order chi connectivity index (χ1) is 9.70. The lowest BCUT2D eigenvalue weighted by Crippen LogP contribution is -2.34. The van der Waals surface area contributed by atoms with Gasteiger partial charge in [-0.3, -0.25) is 14.7 Å². The summed E-state index contributed by atoms with van der Waals surface area (Å²) in [4.78, 5) is 17.7. The minimum absolute atomic E-state index is 0.283. The fraction of sp³-hybridized carbons (Fsp3) is 0.375. The van der Waals surface area contributed by atoms with E-state index < -0.39 is 0 Å². The molecule has 0 saturated heterocycles. The topological polar surface area (TPSA) is 59.2 Å². The monoisotopic (exact) mass is 271 g/mol. The summed E-state index contributed by atoms with van der Waals surface area (Å²) in [5.74, 6) is -0.283. The Morgan fingerprint density at radius 2 is 2.10 bits per heavy atom. The zero-order valence-electron chi connectivity index (χ0n) is 11.9. The third-order valence-electron chi connectivity index (χ3n) is 3.32. The van der Waals surface area contributed by atoms with Gasteiger partial charge in [-0.1, -0.05) is 37.6 Å². The lowest BCUT2D eigenvalue weighted by molar-refractivity contribution is -0.119. The van der Waals surface area contributed by atoms with Crippen LogP contribution in [-0.2, 0) is 11.3 Å². The maximum absolute atomic E-state index is 11.2. The van der Waals surface area contributed by atoms with Gasteiger partial charge in [0.05, 0.1) is 12.1 Å². The Bertz CT molecular complexity index is 577. The highest BCUT2D eigenvalue weighted by atomic mass is 16.1. The molecule has 1 amide bonds. The summed E-state index contributed by atoms with van der Waals surface area (Å²) >= 11 is 0. The number of nitrogens with two attached hydrogens (primary N) is 1. The van der Waals surface area contributed by atoms with Gasteiger partial charge < -0.3 is 5.73 Å². The predicted molar refractivity (Wildman–Crippen MR) is 81.1 cm³/mol. The molecule has 2 rings (SSSR count). The molecule has 1 heterocycles. The molecule has 2 N–H and O–H groups in total. The molecule has 0 spiro atoms. The normalized spacial score (nSPS) is 11.1. The Morgan fingerprint density at radius 1 is 1.30 bits per heavy atom. The summed E-state index contributed by atoms with van der Waals surface area (Å²) in [5.41, 5.74) is 7.48. The minimum atomic E-state index is -0.283. The number of para-hydroxylation sites is 1. The molecular weight excluding hydrogens is 250 g/mol. The molecule has 0 saturated carbocycles. The zero-order valence-corrected chi connectivity index (χ0v) is 11.9. The zero-order chi connectivity index (χ0) is 14.4. The number of fused-ring (bicyclic) bond motifs is 1. The summed E-state index contributed by atoms with van der Waals surface area (Å²) in [7, 11) is 0. The van der Waals surface area contributed by atoms with Crippen molar-refractivity contribution in [2.45, 2.75) is 26.3 Å². The van der Waals surface area contributed by atoms with E-state index in [-0.39, 0.29) is 5.91 Å². The fourth-order valence-corrected chi connectivity index (χ4v) is 2.35. The van der Waals surface area contributed by atoms with Crippen LogP contribution in [0.5, 0.6) is 0 Å². The molecule has 4 nitrogen and oxygen atoms in total. The lowest BCUT2D eigenvalue weighted by atomic mass is 10.1. The van der Waals surface area contributed by atoms with Gasteiger partial charge in [0.1, 0.15) is 0 Å². The number of unbranched alkanes of at least 4 members (excludes halogenated alkanes) is 1.